The number of hydrogen-bond acceptors (Lipinski definition) is 2. The molecule has 1 saturated carbocycles. The number of esters is 1. The molecule has 2 heteroatoms. The van der Waals surface area contributed by atoms with Crippen molar-refractivity contribution in [2.24, 2.45) is 11.8 Å². The van der Waals surface area contributed by atoms with Crippen LogP contribution in [-0.4, -0.2) is 12.1 Å². The van der Waals surface area contributed by atoms with Crippen molar-refractivity contribution in [1.82, 2.24) is 0 Å². The molecule has 0 saturated heterocycles. The highest BCUT2D eigenvalue weighted by molar-refractivity contribution is 5.66. The van der Waals surface area contributed by atoms with Gasteiger partial charge < -0.3 is 4.74 Å². The van der Waals surface area contributed by atoms with Gasteiger partial charge in [0.1, 0.15) is 6.10 Å². The summed E-state index contributed by atoms with van der Waals surface area (Å²) in [5.41, 5.74) is 0. The molecule has 1 aliphatic carbocycles. The minimum atomic E-state index is -0.138. The van der Waals surface area contributed by atoms with E-state index in [1.807, 2.05) is 0 Å². The van der Waals surface area contributed by atoms with Crippen molar-refractivity contribution < 1.29 is 9.53 Å². The molecule has 1 fully saturated rings. The van der Waals surface area contributed by atoms with Crippen LogP contribution in [0.3, 0.4) is 0 Å². The first kappa shape index (κ1) is 9.56. The zero-order chi connectivity index (χ0) is 9.14. The van der Waals surface area contributed by atoms with E-state index in [4.69, 9.17) is 4.74 Å². The fraction of sp³-hybridized carbons (Fsp3) is 0.900. The average molecular weight is 170 g/mol. The Kier molecular flexibility index (Phi) is 3.12. The largest absolute Gasteiger partial charge is 0.462 e. The van der Waals surface area contributed by atoms with Crippen molar-refractivity contribution in [2.75, 3.05) is 0 Å². The number of ether oxygens (including phenoxy) is 1. The maximum Gasteiger partial charge on any atom is 0.302 e. The monoisotopic (exact) mass is 170 g/mol. The molecular weight excluding hydrogens is 152 g/mol. The first-order chi connectivity index (χ1) is 5.59. The summed E-state index contributed by atoms with van der Waals surface area (Å²) in [5.74, 6) is 1.12. The fourth-order valence-electron chi connectivity index (χ4n) is 1.86. The van der Waals surface area contributed by atoms with Crippen LogP contribution in [-0.2, 0) is 9.53 Å². The zero-order valence-corrected chi connectivity index (χ0v) is 8.17. The van der Waals surface area contributed by atoms with Gasteiger partial charge in [0.05, 0.1) is 0 Å². The van der Waals surface area contributed by atoms with E-state index in [1.54, 1.807) is 0 Å². The Hall–Kier alpha value is -0.530. The second kappa shape index (κ2) is 3.92. The maximum absolute atomic E-state index is 10.7. The fourth-order valence-corrected chi connectivity index (χ4v) is 1.86. The van der Waals surface area contributed by atoms with E-state index in [9.17, 15) is 4.79 Å². The number of carbonyl (C=O) groups excluding carboxylic acids is 1. The predicted octanol–water partition coefficient (Wildman–Crippen LogP) is 2.37. The molecule has 0 aromatic rings. The molecule has 0 heterocycles. The number of rotatable bonds is 1. The molecule has 0 unspecified atom stereocenters. The van der Waals surface area contributed by atoms with Gasteiger partial charge in [-0.15, -0.1) is 0 Å². The van der Waals surface area contributed by atoms with Gasteiger partial charge in [0.15, 0.2) is 0 Å². The minimum absolute atomic E-state index is 0.138. The molecule has 1 aliphatic rings. The molecule has 0 aromatic carbocycles. The normalized spacial score (nSPS) is 36.1. The highest BCUT2D eigenvalue weighted by Crippen LogP contribution is 2.30. The van der Waals surface area contributed by atoms with Crippen LogP contribution >= 0.6 is 0 Å². The highest BCUT2D eigenvalue weighted by Gasteiger charge is 2.27. The average Bonchev–Trinajstić information content (AvgIpc) is 1.96. The molecule has 0 aromatic heterocycles. The molecule has 3 atom stereocenters. The maximum atomic E-state index is 10.7. The first-order valence-electron chi connectivity index (χ1n) is 4.76. The van der Waals surface area contributed by atoms with Gasteiger partial charge in [-0.25, -0.2) is 0 Å². The Morgan fingerprint density at radius 2 is 2.00 bits per heavy atom. The van der Waals surface area contributed by atoms with Crippen molar-refractivity contribution in [1.29, 1.82) is 0 Å². The van der Waals surface area contributed by atoms with E-state index in [2.05, 4.69) is 13.8 Å². The van der Waals surface area contributed by atoms with Gasteiger partial charge in [0.25, 0.3) is 0 Å². The predicted molar refractivity (Wildman–Crippen MR) is 47.7 cm³/mol. The number of hydrogen-bond donors (Lipinski definition) is 0. The minimum Gasteiger partial charge on any atom is -0.462 e. The third-order valence-electron chi connectivity index (χ3n) is 2.70. The van der Waals surface area contributed by atoms with E-state index >= 15 is 0 Å². The van der Waals surface area contributed by atoms with Gasteiger partial charge in [-0.3, -0.25) is 4.79 Å². The number of carbonyl (C=O) groups is 1. The van der Waals surface area contributed by atoms with Crippen molar-refractivity contribution in [3.05, 3.63) is 0 Å². The summed E-state index contributed by atoms with van der Waals surface area (Å²) in [6, 6.07) is 0. The van der Waals surface area contributed by atoms with Crippen LogP contribution in [0.1, 0.15) is 40.0 Å². The van der Waals surface area contributed by atoms with Crippen LogP contribution in [0.25, 0.3) is 0 Å². The molecule has 70 valence electrons. The summed E-state index contributed by atoms with van der Waals surface area (Å²) in [6.07, 6.45) is 3.69. The van der Waals surface area contributed by atoms with Crippen LogP contribution in [0.15, 0.2) is 0 Å². The standard InChI is InChI=1S/C10H18O2/c1-7-4-5-8(2)10(6-7)12-9(3)11/h7-8,10H,4-6H2,1-3H3/t7-,8-,10+/m1/s1. The molecule has 0 amide bonds. The van der Waals surface area contributed by atoms with Crippen LogP contribution in [0.5, 0.6) is 0 Å². The SMILES string of the molecule is CC(=O)O[C@H]1C[C@H](C)CC[C@H]1C. The van der Waals surface area contributed by atoms with E-state index < -0.39 is 0 Å². The second-order valence-electron chi connectivity index (χ2n) is 4.04. The summed E-state index contributed by atoms with van der Waals surface area (Å²) < 4.78 is 5.23. The molecule has 0 N–H and O–H groups in total. The highest BCUT2D eigenvalue weighted by atomic mass is 16.5. The van der Waals surface area contributed by atoms with Gasteiger partial charge in [-0.1, -0.05) is 20.3 Å². The second-order valence-corrected chi connectivity index (χ2v) is 4.04. The molecular formula is C10H18O2. The van der Waals surface area contributed by atoms with Gasteiger partial charge in [0.2, 0.25) is 0 Å². The quantitative estimate of drug-likeness (QED) is 0.565. The Morgan fingerprint density at radius 3 is 2.58 bits per heavy atom. The summed E-state index contributed by atoms with van der Waals surface area (Å²) in [5, 5.41) is 0. The summed E-state index contributed by atoms with van der Waals surface area (Å²) in [6.45, 7) is 5.88. The van der Waals surface area contributed by atoms with Gasteiger partial charge in [0, 0.05) is 6.92 Å². The molecule has 0 bridgehead atoms. The van der Waals surface area contributed by atoms with Crippen molar-refractivity contribution >= 4 is 5.97 Å². The van der Waals surface area contributed by atoms with Gasteiger partial charge in [-0.05, 0) is 24.7 Å². The van der Waals surface area contributed by atoms with Gasteiger partial charge in [-0.2, -0.15) is 0 Å². The van der Waals surface area contributed by atoms with E-state index in [0.29, 0.717) is 11.8 Å². The zero-order valence-electron chi connectivity index (χ0n) is 8.17. The lowest BCUT2D eigenvalue weighted by atomic mass is 9.82. The molecule has 0 aliphatic heterocycles. The van der Waals surface area contributed by atoms with Crippen LogP contribution in [0, 0.1) is 11.8 Å². The molecule has 2 nitrogen and oxygen atoms in total. The molecule has 0 spiro atoms. The van der Waals surface area contributed by atoms with Crippen LogP contribution in [0.4, 0.5) is 0 Å². The summed E-state index contributed by atoms with van der Waals surface area (Å²) >= 11 is 0. The third kappa shape index (κ3) is 2.50. The molecule has 12 heavy (non-hydrogen) atoms. The van der Waals surface area contributed by atoms with Crippen molar-refractivity contribution in [3.63, 3.8) is 0 Å². The van der Waals surface area contributed by atoms with Crippen molar-refractivity contribution in [3.8, 4) is 0 Å². The first-order valence-corrected chi connectivity index (χ1v) is 4.76. The van der Waals surface area contributed by atoms with E-state index in [-0.39, 0.29) is 12.1 Å². The summed E-state index contributed by atoms with van der Waals surface area (Å²) in [7, 11) is 0. The van der Waals surface area contributed by atoms with E-state index in [1.165, 1.54) is 19.8 Å². The lowest BCUT2D eigenvalue weighted by Crippen LogP contribution is -2.30. The van der Waals surface area contributed by atoms with Crippen LogP contribution < -0.4 is 0 Å². The lowest BCUT2D eigenvalue weighted by molar-refractivity contribution is -0.151. The molecule has 1 rings (SSSR count). The smallest absolute Gasteiger partial charge is 0.302 e. The summed E-state index contributed by atoms with van der Waals surface area (Å²) in [4.78, 5) is 10.7. The topological polar surface area (TPSA) is 26.3 Å². The Balaban J connectivity index is 2.43. The van der Waals surface area contributed by atoms with Crippen LogP contribution in [0.2, 0.25) is 0 Å². The van der Waals surface area contributed by atoms with E-state index in [0.717, 1.165) is 6.42 Å². The van der Waals surface area contributed by atoms with Crippen molar-refractivity contribution in [2.45, 2.75) is 46.1 Å². The Bertz CT molecular complexity index is 165. The Morgan fingerprint density at radius 1 is 1.33 bits per heavy atom. The third-order valence-corrected chi connectivity index (χ3v) is 2.70. The molecule has 0 radical (unpaired) electrons. The Labute approximate surface area is 74.3 Å². The lowest BCUT2D eigenvalue weighted by Gasteiger charge is -2.31. The van der Waals surface area contributed by atoms with Gasteiger partial charge >= 0.3 is 5.97 Å².